The van der Waals surface area contributed by atoms with Gasteiger partial charge in [0.1, 0.15) is 18.1 Å². The second kappa shape index (κ2) is 6.92. The number of carbonyl (C=O) groups excluding carboxylic acids is 1. The molecule has 0 unspecified atom stereocenters. The van der Waals surface area contributed by atoms with E-state index in [0.717, 1.165) is 16.7 Å². The summed E-state index contributed by atoms with van der Waals surface area (Å²) in [5, 5.41) is 3.79. The molecule has 3 rings (SSSR count). The molecule has 0 atom stereocenters. The van der Waals surface area contributed by atoms with Gasteiger partial charge in [-0.15, -0.1) is 0 Å². The first-order valence-electron chi connectivity index (χ1n) is 7.43. The Kier molecular flexibility index (Phi) is 4.52. The first kappa shape index (κ1) is 15.0. The van der Waals surface area contributed by atoms with Gasteiger partial charge in [0.25, 0.3) is 0 Å². The lowest BCUT2D eigenvalue weighted by Crippen LogP contribution is -2.08. The molecule has 0 aliphatic heterocycles. The van der Waals surface area contributed by atoms with E-state index in [9.17, 15) is 4.79 Å². The van der Waals surface area contributed by atoms with Crippen molar-refractivity contribution < 1.29 is 14.1 Å². The van der Waals surface area contributed by atoms with E-state index in [1.165, 1.54) is 0 Å². The number of aryl methyl sites for hydroxylation is 1. The van der Waals surface area contributed by atoms with Crippen molar-refractivity contribution in [2.75, 3.05) is 0 Å². The van der Waals surface area contributed by atoms with Crippen LogP contribution >= 0.6 is 0 Å². The molecule has 1 heterocycles. The summed E-state index contributed by atoms with van der Waals surface area (Å²) < 4.78 is 10.1. The molecule has 0 aliphatic rings. The molecule has 116 valence electrons. The fourth-order valence-electron chi connectivity index (χ4n) is 2.30. The van der Waals surface area contributed by atoms with Crippen LogP contribution in [0.5, 0.6) is 0 Å². The third kappa shape index (κ3) is 4.07. The molecule has 0 saturated carbocycles. The molecule has 0 N–H and O–H groups in total. The highest BCUT2D eigenvalue weighted by Crippen LogP contribution is 2.19. The molecule has 3 aromatic rings. The Labute approximate surface area is 134 Å². The van der Waals surface area contributed by atoms with Gasteiger partial charge in [0.2, 0.25) is 0 Å². The molecule has 23 heavy (non-hydrogen) atoms. The molecule has 0 saturated heterocycles. The van der Waals surface area contributed by atoms with E-state index in [-0.39, 0.29) is 19.0 Å². The quantitative estimate of drug-likeness (QED) is 0.670. The van der Waals surface area contributed by atoms with Crippen LogP contribution < -0.4 is 0 Å². The van der Waals surface area contributed by atoms with E-state index in [0.29, 0.717) is 11.5 Å². The van der Waals surface area contributed by atoms with Crippen LogP contribution in [0.2, 0.25) is 0 Å². The summed E-state index contributed by atoms with van der Waals surface area (Å²) in [6.07, 6.45) is 0.242. The molecule has 0 fully saturated rings. The van der Waals surface area contributed by atoms with Crippen molar-refractivity contribution in [3.05, 3.63) is 77.7 Å². The fourth-order valence-corrected chi connectivity index (χ4v) is 2.30. The van der Waals surface area contributed by atoms with Crippen LogP contribution in [0.4, 0.5) is 0 Å². The number of carbonyl (C=O) groups is 1. The van der Waals surface area contributed by atoms with Gasteiger partial charge in [0, 0.05) is 6.07 Å². The average Bonchev–Trinajstić information content (AvgIpc) is 3.00. The number of rotatable bonds is 5. The van der Waals surface area contributed by atoms with Gasteiger partial charge in [-0.05, 0) is 23.6 Å². The monoisotopic (exact) mass is 307 g/mol. The first-order valence-corrected chi connectivity index (χ1v) is 7.43. The number of benzene rings is 2. The van der Waals surface area contributed by atoms with E-state index in [1.807, 2.05) is 42.5 Å². The maximum atomic E-state index is 11.9. The third-order valence-electron chi connectivity index (χ3n) is 3.47. The number of nitrogens with zero attached hydrogens (tertiary/aromatic N) is 1. The largest absolute Gasteiger partial charge is 0.459 e. The number of esters is 1. The maximum absolute atomic E-state index is 11.9. The summed E-state index contributed by atoms with van der Waals surface area (Å²) in [7, 11) is 0. The smallest absolute Gasteiger partial charge is 0.310 e. The van der Waals surface area contributed by atoms with Crippen molar-refractivity contribution in [3.8, 4) is 11.1 Å². The van der Waals surface area contributed by atoms with E-state index in [2.05, 4.69) is 17.3 Å². The first-order chi connectivity index (χ1) is 11.2. The van der Waals surface area contributed by atoms with Crippen LogP contribution in [0.3, 0.4) is 0 Å². The number of aromatic nitrogens is 1. The zero-order chi connectivity index (χ0) is 16.1. The van der Waals surface area contributed by atoms with Crippen molar-refractivity contribution in [1.82, 2.24) is 5.16 Å². The van der Waals surface area contributed by atoms with Crippen molar-refractivity contribution in [2.45, 2.75) is 20.0 Å². The molecule has 4 nitrogen and oxygen atoms in total. The lowest BCUT2D eigenvalue weighted by molar-refractivity contribution is -0.144. The van der Waals surface area contributed by atoms with Crippen LogP contribution in [0.1, 0.15) is 17.0 Å². The zero-order valence-electron chi connectivity index (χ0n) is 12.9. The van der Waals surface area contributed by atoms with Gasteiger partial charge in [-0.25, -0.2) is 0 Å². The van der Waals surface area contributed by atoms with Crippen LogP contribution in [-0.2, 0) is 22.6 Å². The summed E-state index contributed by atoms with van der Waals surface area (Å²) in [5.74, 6) is 0.422. The van der Waals surface area contributed by atoms with Crippen LogP contribution in [-0.4, -0.2) is 11.1 Å². The predicted octanol–water partition coefficient (Wildman–Crippen LogP) is 3.94. The normalized spacial score (nSPS) is 10.5. The predicted molar refractivity (Wildman–Crippen MR) is 86.6 cm³/mol. The lowest BCUT2D eigenvalue weighted by Gasteiger charge is -2.05. The van der Waals surface area contributed by atoms with Crippen molar-refractivity contribution in [1.29, 1.82) is 0 Å². The average molecular weight is 307 g/mol. The number of hydrogen-bond donors (Lipinski definition) is 0. The minimum Gasteiger partial charge on any atom is -0.459 e. The van der Waals surface area contributed by atoms with Crippen molar-refractivity contribution in [3.63, 3.8) is 0 Å². The molecular formula is C19H17NO3. The molecule has 4 heteroatoms. The maximum Gasteiger partial charge on any atom is 0.310 e. The molecule has 0 spiro atoms. The van der Waals surface area contributed by atoms with Gasteiger partial charge < -0.3 is 9.26 Å². The minimum atomic E-state index is -0.280. The van der Waals surface area contributed by atoms with E-state index in [4.69, 9.17) is 9.26 Å². The highest BCUT2D eigenvalue weighted by molar-refractivity contribution is 5.73. The Balaban J connectivity index is 1.56. The number of ether oxygens (including phenoxy) is 1. The zero-order valence-corrected chi connectivity index (χ0v) is 12.9. The second-order valence-corrected chi connectivity index (χ2v) is 5.33. The van der Waals surface area contributed by atoms with Gasteiger partial charge in [0.05, 0.1) is 6.42 Å². The lowest BCUT2D eigenvalue weighted by atomic mass is 10.0. The van der Waals surface area contributed by atoms with E-state index < -0.39 is 0 Å². The van der Waals surface area contributed by atoms with Gasteiger partial charge >= 0.3 is 5.97 Å². The molecule has 0 radical (unpaired) electrons. The molecule has 1 aromatic heterocycles. The van der Waals surface area contributed by atoms with E-state index in [1.54, 1.807) is 13.0 Å². The SMILES string of the molecule is Cc1cc(COC(=O)Cc2ccc(-c3ccccc3)cc2)no1. The topological polar surface area (TPSA) is 52.3 Å². The van der Waals surface area contributed by atoms with Gasteiger partial charge in [0.15, 0.2) is 0 Å². The van der Waals surface area contributed by atoms with Crippen LogP contribution in [0, 0.1) is 6.92 Å². The highest BCUT2D eigenvalue weighted by Gasteiger charge is 2.08. The summed E-state index contributed by atoms with van der Waals surface area (Å²) in [6.45, 7) is 1.94. The number of hydrogen-bond acceptors (Lipinski definition) is 4. The molecule has 0 bridgehead atoms. The van der Waals surface area contributed by atoms with Gasteiger partial charge in [-0.1, -0.05) is 59.8 Å². The van der Waals surface area contributed by atoms with Crippen molar-refractivity contribution >= 4 is 5.97 Å². The standard InChI is InChI=1S/C19H17NO3/c1-14-11-18(20-23-14)13-22-19(21)12-15-7-9-17(10-8-15)16-5-3-2-4-6-16/h2-11H,12-13H2,1H3. The summed E-state index contributed by atoms with van der Waals surface area (Å²) in [6, 6.07) is 19.8. The molecule has 2 aromatic carbocycles. The Hall–Kier alpha value is -2.88. The highest BCUT2D eigenvalue weighted by atomic mass is 16.5. The fraction of sp³-hybridized carbons (Fsp3) is 0.158. The Morgan fingerprint density at radius 1 is 1.04 bits per heavy atom. The Morgan fingerprint density at radius 2 is 1.74 bits per heavy atom. The van der Waals surface area contributed by atoms with E-state index >= 15 is 0 Å². The van der Waals surface area contributed by atoms with Crippen molar-refractivity contribution in [2.24, 2.45) is 0 Å². The summed E-state index contributed by atoms with van der Waals surface area (Å²) in [4.78, 5) is 11.9. The van der Waals surface area contributed by atoms with Gasteiger partial charge in [-0.3, -0.25) is 4.79 Å². The third-order valence-corrected chi connectivity index (χ3v) is 3.47. The molecular weight excluding hydrogens is 290 g/mol. The van der Waals surface area contributed by atoms with Crippen LogP contribution in [0.25, 0.3) is 11.1 Å². The molecule has 0 aliphatic carbocycles. The van der Waals surface area contributed by atoms with Gasteiger partial charge in [-0.2, -0.15) is 0 Å². The molecule has 0 amide bonds. The summed E-state index contributed by atoms with van der Waals surface area (Å²) >= 11 is 0. The Bertz CT molecular complexity index is 776. The minimum absolute atomic E-state index is 0.137. The van der Waals surface area contributed by atoms with Crippen LogP contribution in [0.15, 0.2) is 65.2 Å². The summed E-state index contributed by atoms with van der Waals surface area (Å²) in [5.41, 5.74) is 3.82. The Morgan fingerprint density at radius 3 is 2.39 bits per heavy atom. The second-order valence-electron chi connectivity index (χ2n) is 5.33.